The van der Waals surface area contributed by atoms with Gasteiger partial charge in [0.25, 0.3) is 0 Å². The van der Waals surface area contributed by atoms with Crippen LogP contribution >= 0.6 is 11.8 Å². The van der Waals surface area contributed by atoms with Gasteiger partial charge < -0.3 is 5.32 Å². The van der Waals surface area contributed by atoms with Crippen molar-refractivity contribution in [2.24, 2.45) is 5.92 Å². The lowest BCUT2D eigenvalue weighted by Crippen LogP contribution is -2.36. The topological polar surface area (TPSA) is 29.9 Å². The van der Waals surface area contributed by atoms with Crippen LogP contribution in [0, 0.1) is 5.92 Å². The van der Waals surface area contributed by atoms with Crippen molar-refractivity contribution in [2.45, 2.75) is 51.1 Å². The first-order chi connectivity index (χ1) is 9.36. The minimum atomic E-state index is 0.677. The van der Waals surface area contributed by atoms with E-state index >= 15 is 0 Å². The number of thioether (sulfide) groups is 1. The molecule has 1 aromatic rings. The highest BCUT2D eigenvalue weighted by atomic mass is 32.2. The van der Waals surface area contributed by atoms with E-state index in [1.165, 1.54) is 42.9 Å². The Kier molecular flexibility index (Phi) is 4.49. The largest absolute Gasteiger partial charge is 0.313 e. The Labute approximate surface area is 120 Å². The molecule has 2 unspecified atom stereocenters. The van der Waals surface area contributed by atoms with E-state index < -0.39 is 0 Å². The highest BCUT2D eigenvalue weighted by molar-refractivity contribution is 7.99. The number of aromatic nitrogens is 2. The number of hydrogen-bond donors (Lipinski definition) is 1. The molecule has 3 rings (SSSR count). The SMILES string of the molecule is CCNC1CSCC1Cc1ccn(C2CCCC2)n1. The van der Waals surface area contributed by atoms with Gasteiger partial charge in [0.1, 0.15) is 0 Å². The van der Waals surface area contributed by atoms with Crippen molar-refractivity contribution in [3.63, 3.8) is 0 Å². The molecule has 3 nitrogen and oxygen atoms in total. The molecule has 0 amide bonds. The molecule has 2 atom stereocenters. The van der Waals surface area contributed by atoms with Crippen LogP contribution in [-0.2, 0) is 6.42 Å². The van der Waals surface area contributed by atoms with Crippen LogP contribution in [0.4, 0.5) is 0 Å². The summed E-state index contributed by atoms with van der Waals surface area (Å²) < 4.78 is 2.23. The molecular weight excluding hydrogens is 254 g/mol. The second-order valence-electron chi connectivity index (χ2n) is 5.89. The Balaban J connectivity index is 1.60. The van der Waals surface area contributed by atoms with Gasteiger partial charge in [-0.1, -0.05) is 19.8 Å². The highest BCUT2D eigenvalue weighted by Crippen LogP contribution is 2.30. The molecule has 106 valence electrons. The summed E-state index contributed by atoms with van der Waals surface area (Å²) in [6.07, 6.45) is 8.74. The Morgan fingerprint density at radius 1 is 1.37 bits per heavy atom. The van der Waals surface area contributed by atoms with Crippen LogP contribution in [-0.4, -0.2) is 33.9 Å². The third-order valence-electron chi connectivity index (χ3n) is 4.50. The fourth-order valence-electron chi connectivity index (χ4n) is 3.41. The molecule has 1 aliphatic heterocycles. The predicted molar refractivity (Wildman–Crippen MR) is 81.7 cm³/mol. The van der Waals surface area contributed by atoms with E-state index in [1.54, 1.807) is 0 Å². The molecule has 0 bridgehead atoms. The molecule has 0 spiro atoms. The van der Waals surface area contributed by atoms with Crippen LogP contribution < -0.4 is 5.32 Å². The Hall–Kier alpha value is -0.480. The third kappa shape index (κ3) is 3.16. The maximum atomic E-state index is 4.83. The zero-order valence-corrected chi connectivity index (χ0v) is 12.7. The van der Waals surface area contributed by atoms with E-state index in [0.717, 1.165) is 18.9 Å². The van der Waals surface area contributed by atoms with Crippen molar-refractivity contribution in [1.29, 1.82) is 0 Å². The first kappa shape index (κ1) is 13.5. The monoisotopic (exact) mass is 279 g/mol. The number of nitrogens with one attached hydrogen (secondary N) is 1. The van der Waals surface area contributed by atoms with E-state index in [9.17, 15) is 0 Å². The van der Waals surface area contributed by atoms with E-state index in [-0.39, 0.29) is 0 Å². The maximum Gasteiger partial charge on any atom is 0.0628 e. The number of rotatable bonds is 5. The molecule has 1 N–H and O–H groups in total. The second kappa shape index (κ2) is 6.31. The lowest BCUT2D eigenvalue weighted by Gasteiger charge is -2.18. The van der Waals surface area contributed by atoms with E-state index in [1.807, 2.05) is 0 Å². The van der Waals surface area contributed by atoms with Gasteiger partial charge in [0.2, 0.25) is 0 Å². The Morgan fingerprint density at radius 3 is 3.00 bits per heavy atom. The number of nitrogens with zero attached hydrogens (tertiary/aromatic N) is 2. The lowest BCUT2D eigenvalue weighted by atomic mass is 9.98. The van der Waals surface area contributed by atoms with Gasteiger partial charge in [0.15, 0.2) is 0 Å². The predicted octanol–water partition coefficient (Wildman–Crippen LogP) is 2.88. The zero-order valence-electron chi connectivity index (χ0n) is 11.8. The van der Waals surface area contributed by atoms with Gasteiger partial charge in [-0.25, -0.2) is 0 Å². The molecule has 2 aliphatic rings. The van der Waals surface area contributed by atoms with Crippen LogP contribution in [0.2, 0.25) is 0 Å². The Morgan fingerprint density at radius 2 is 2.21 bits per heavy atom. The molecule has 0 radical (unpaired) electrons. The molecule has 2 fully saturated rings. The van der Waals surface area contributed by atoms with Gasteiger partial charge in [-0.05, 0) is 43.5 Å². The summed E-state index contributed by atoms with van der Waals surface area (Å²) in [6.45, 7) is 3.28. The van der Waals surface area contributed by atoms with E-state index in [0.29, 0.717) is 12.1 Å². The molecule has 4 heteroatoms. The molecule has 1 aromatic heterocycles. The van der Waals surface area contributed by atoms with Gasteiger partial charge in [-0.15, -0.1) is 0 Å². The smallest absolute Gasteiger partial charge is 0.0628 e. The quantitative estimate of drug-likeness (QED) is 0.899. The van der Waals surface area contributed by atoms with Crippen molar-refractivity contribution in [3.05, 3.63) is 18.0 Å². The molecule has 1 saturated heterocycles. The van der Waals surface area contributed by atoms with Crippen molar-refractivity contribution in [3.8, 4) is 0 Å². The summed E-state index contributed by atoms with van der Waals surface area (Å²) >= 11 is 2.08. The summed E-state index contributed by atoms with van der Waals surface area (Å²) in [5.41, 5.74) is 1.29. The summed E-state index contributed by atoms with van der Waals surface area (Å²) in [5, 5.41) is 8.45. The first-order valence-electron chi connectivity index (χ1n) is 7.72. The van der Waals surface area contributed by atoms with Crippen molar-refractivity contribution in [1.82, 2.24) is 15.1 Å². The van der Waals surface area contributed by atoms with Crippen LogP contribution in [0.1, 0.15) is 44.3 Å². The van der Waals surface area contributed by atoms with Gasteiger partial charge >= 0.3 is 0 Å². The van der Waals surface area contributed by atoms with Gasteiger partial charge in [0, 0.05) is 18.0 Å². The molecule has 2 heterocycles. The van der Waals surface area contributed by atoms with Crippen molar-refractivity contribution < 1.29 is 0 Å². The molecular formula is C15H25N3S. The van der Waals surface area contributed by atoms with Gasteiger partial charge in [0.05, 0.1) is 11.7 Å². The van der Waals surface area contributed by atoms with Gasteiger partial charge in [-0.2, -0.15) is 16.9 Å². The normalized spacial score (nSPS) is 28.3. The summed E-state index contributed by atoms with van der Waals surface area (Å²) in [5.74, 6) is 3.31. The summed E-state index contributed by atoms with van der Waals surface area (Å²) in [6, 6.07) is 3.60. The molecule has 1 aliphatic carbocycles. The minimum absolute atomic E-state index is 0.677. The highest BCUT2D eigenvalue weighted by Gasteiger charge is 2.28. The standard InChI is InChI=1S/C15H25N3S/c1-2-16-15-11-19-10-12(15)9-13-7-8-18(17-13)14-5-3-4-6-14/h7-8,12,14-16H,2-6,9-11H2,1H3. The van der Waals surface area contributed by atoms with Crippen LogP contribution in [0.3, 0.4) is 0 Å². The van der Waals surface area contributed by atoms with E-state index in [4.69, 9.17) is 5.10 Å². The van der Waals surface area contributed by atoms with Crippen molar-refractivity contribution >= 4 is 11.8 Å². The minimum Gasteiger partial charge on any atom is -0.313 e. The second-order valence-corrected chi connectivity index (χ2v) is 6.97. The lowest BCUT2D eigenvalue weighted by molar-refractivity contribution is 0.421. The Bertz CT molecular complexity index is 398. The molecule has 19 heavy (non-hydrogen) atoms. The third-order valence-corrected chi connectivity index (χ3v) is 5.76. The van der Waals surface area contributed by atoms with Crippen LogP contribution in [0.5, 0.6) is 0 Å². The van der Waals surface area contributed by atoms with Crippen LogP contribution in [0.15, 0.2) is 12.3 Å². The molecule has 0 aromatic carbocycles. The fourth-order valence-corrected chi connectivity index (χ4v) is 4.85. The van der Waals surface area contributed by atoms with Gasteiger partial charge in [-0.3, -0.25) is 4.68 Å². The zero-order chi connectivity index (χ0) is 13.1. The number of hydrogen-bond acceptors (Lipinski definition) is 3. The first-order valence-corrected chi connectivity index (χ1v) is 8.87. The van der Waals surface area contributed by atoms with Crippen LogP contribution in [0.25, 0.3) is 0 Å². The average molecular weight is 279 g/mol. The average Bonchev–Trinajstić information content (AvgIpc) is 3.12. The van der Waals surface area contributed by atoms with E-state index in [2.05, 4.69) is 40.9 Å². The molecule has 1 saturated carbocycles. The maximum absolute atomic E-state index is 4.83. The summed E-state index contributed by atoms with van der Waals surface area (Å²) in [4.78, 5) is 0. The van der Waals surface area contributed by atoms with Crippen molar-refractivity contribution in [2.75, 3.05) is 18.1 Å². The fraction of sp³-hybridized carbons (Fsp3) is 0.800. The summed E-state index contributed by atoms with van der Waals surface area (Å²) in [7, 11) is 0.